The van der Waals surface area contributed by atoms with Crippen LogP contribution in [0.25, 0.3) is 0 Å². The Morgan fingerprint density at radius 3 is 2.24 bits per heavy atom. The summed E-state index contributed by atoms with van der Waals surface area (Å²) in [5.41, 5.74) is 1.96. The van der Waals surface area contributed by atoms with Crippen LogP contribution in [0.5, 0.6) is 11.5 Å². The summed E-state index contributed by atoms with van der Waals surface area (Å²) in [6.45, 7) is 17.5. The average molecular weight is 868 g/mol. The SMILES string of the molecule is C=CCO[C@@]12Oc3ccc(OC(=O)NCCCCCCCCCCCC)cc3[C@H]3[C@H](CCCCO)[C@@H](CCCCO)C=C(C(=NOC(C)(C)C)C[C@@H]1N(CCC)C(=O)OCC)[C@H]32. The van der Waals surface area contributed by atoms with E-state index in [9.17, 15) is 19.8 Å². The van der Waals surface area contributed by atoms with Crippen molar-refractivity contribution in [2.45, 2.75) is 180 Å². The maximum absolute atomic E-state index is 14.0. The van der Waals surface area contributed by atoms with Crippen molar-refractivity contribution in [1.82, 2.24) is 10.2 Å². The van der Waals surface area contributed by atoms with Crippen molar-refractivity contribution in [3.8, 4) is 11.5 Å². The average Bonchev–Trinajstić information content (AvgIpc) is 3.24. The Labute approximate surface area is 373 Å². The normalized spacial score (nSPS) is 23.4. The van der Waals surface area contributed by atoms with Gasteiger partial charge in [0.1, 0.15) is 23.1 Å². The Hall–Kier alpha value is -3.61. The van der Waals surface area contributed by atoms with Crippen molar-refractivity contribution in [3.05, 3.63) is 48.1 Å². The first-order valence-electron chi connectivity index (χ1n) is 24.1. The molecule has 350 valence electrons. The molecular weight excluding hydrogens is 787 g/mol. The second-order valence-corrected chi connectivity index (χ2v) is 18.4. The van der Waals surface area contributed by atoms with Crippen molar-refractivity contribution >= 4 is 17.9 Å². The lowest BCUT2D eigenvalue weighted by Crippen LogP contribution is -2.70. The van der Waals surface area contributed by atoms with Crippen LogP contribution in [-0.2, 0) is 14.3 Å². The quantitative estimate of drug-likeness (QED) is 0.0425. The number of oxime groups is 1. The van der Waals surface area contributed by atoms with Crippen LogP contribution in [0.3, 0.4) is 0 Å². The number of allylic oxidation sites excluding steroid dienone is 1. The highest BCUT2D eigenvalue weighted by molar-refractivity contribution is 6.03. The molecule has 1 aromatic rings. The van der Waals surface area contributed by atoms with Gasteiger partial charge in [0.15, 0.2) is 0 Å². The molecule has 1 fully saturated rings. The molecule has 0 radical (unpaired) electrons. The minimum Gasteiger partial charge on any atom is -0.459 e. The van der Waals surface area contributed by atoms with Gasteiger partial charge in [-0.2, -0.15) is 0 Å². The predicted octanol–water partition coefficient (Wildman–Crippen LogP) is 11.0. The van der Waals surface area contributed by atoms with E-state index >= 15 is 0 Å². The number of ether oxygens (including phenoxy) is 4. The Balaban J connectivity index is 1.78. The number of carbonyl (C=O) groups is 2. The molecule has 0 unspecified atom stereocenters. The summed E-state index contributed by atoms with van der Waals surface area (Å²) in [7, 11) is 0. The summed E-state index contributed by atoms with van der Waals surface area (Å²) in [6, 6.07) is 4.89. The number of unbranched alkanes of at least 4 members (excludes halogenated alkanes) is 11. The highest BCUT2D eigenvalue weighted by Crippen LogP contribution is 2.62. The lowest BCUT2D eigenvalue weighted by molar-refractivity contribution is -0.255. The van der Waals surface area contributed by atoms with Gasteiger partial charge in [0, 0.05) is 44.2 Å². The van der Waals surface area contributed by atoms with E-state index in [-0.39, 0.29) is 50.6 Å². The van der Waals surface area contributed by atoms with Gasteiger partial charge in [-0.3, -0.25) is 4.90 Å². The monoisotopic (exact) mass is 868 g/mol. The van der Waals surface area contributed by atoms with Gasteiger partial charge in [0.25, 0.3) is 0 Å². The molecule has 12 heteroatoms. The van der Waals surface area contributed by atoms with E-state index < -0.39 is 35.5 Å². The topological polar surface area (TPSA) is 148 Å². The Morgan fingerprint density at radius 1 is 0.935 bits per heavy atom. The predicted molar refractivity (Wildman–Crippen MR) is 246 cm³/mol. The van der Waals surface area contributed by atoms with Gasteiger partial charge in [-0.05, 0) is 102 Å². The molecule has 0 spiro atoms. The molecule has 1 saturated carbocycles. The van der Waals surface area contributed by atoms with E-state index in [1.807, 2.05) is 39.8 Å². The standard InChI is InChI=1S/C50H81N3O9/c1-8-12-13-14-15-16-17-18-19-22-29-51-47(56)60-38-27-28-43-41(35-38)45-39(26-21-24-32-55)37(25-20-23-31-54)34-40-42(52-62-49(5,6)7)36-44(53(30-9-2)48(57)58-11-4)50(61-43,46(40)45)59-33-10-3/h10,27-28,34-35,37,39,44-46,54-55H,3,8-9,11-26,29-33,36H2,1-2,4-7H3,(H,51,56)/t37-,39+,44-,45+,46+,50+/m0/s1. The zero-order chi connectivity index (χ0) is 45.0. The second kappa shape index (κ2) is 26.2. The highest BCUT2D eigenvalue weighted by Gasteiger charge is 2.65. The van der Waals surface area contributed by atoms with Gasteiger partial charge in [0.2, 0.25) is 5.79 Å². The van der Waals surface area contributed by atoms with E-state index in [0.717, 1.165) is 55.4 Å². The van der Waals surface area contributed by atoms with E-state index in [1.165, 1.54) is 51.4 Å². The Morgan fingerprint density at radius 2 is 1.61 bits per heavy atom. The molecule has 0 bridgehead atoms. The zero-order valence-electron chi connectivity index (χ0n) is 39.1. The third-order valence-corrected chi connectivity index (χ3v) is 12.4. The first kappa shape index (κ1) is 51.0. The van der Waals surface area contributed by atoms with Crippen LogP contribution < -0.4 is 14.8 Å². The molecule has 0 aromatic heterocycles. The van der Waals surface area contributed by atoms with Gasteiger partial charge in [0.05, 0.1) is 24.8 Å². The number of nitrogens with one attached hydrogen (secondary N) is 1. The van der Waals surface area contributed by atoms with Crippen molar-refractivity contribution < 1.29 is 43.6 Å². The van der Waals surface area contributed by atoms with E-state index in [0.29, 0.717) is 43.9 Å². The maximum atomic E-state index is 14.0. The fourth-order valence-corrected chi connectivity index (χ4v) is 9.67. The molecule has 12 nitrogen and oxygen atoms in total. The number of hydrogen-bond acceptors (Lipinski definition) is 10. The van der Waals surface area contributed by atoms with Crippen molar-refractivity contribution in [1.29, 1.82) is 0 Å². The van der Waals surface area contributed by atoms with Crippen LogP contribution in [0.1, 0.15) is 169 Å². The van der Waals surface area contributed by atoms with Crippen LogP contribution in [0.15, 0.2) is 47.7 Å². The summed E-state index contributed by atoms with van der Waals surface area (Å²) < 4.78 is 25.9. The number of carbonyl (C=O) groups excluding carboxylic acids is 2. The first-order valence-corrected chi connectivity index (χ1v) is 24.1. The summed E-state index contributed by atoms with van der Waals surface area (Å²) in [6.07, 6.45) is 20.8. The lowest BCUT2D eigenvalue weighted by Gasteiger charge is -2.60. The van der Waals surface area contributed by atoms with Crippen LogP contribution in [0.2, 0.25) is 0 Å². The number of nitrogens with zero attached hydrogens (tertiary/aromatic N) is 2. The molecule has 62 heavy (non-hydrogen) atoms. The largest absolute Gasteiger partial charge is 0.459 e. The molecule has 2 amide bonds. The summed E-state index contributed by atoms with van der Waals surface area (Å²) in [5.74, 6) is -0.999. The molecular formula is C50H81N3O9. The van der Waals surface area contributed by atoms with Gasteiger partial charge < -0.3 is 39.3 Å². The van der Waals surface area contributed by atoms with Gasteiger partial charge in [-0.15, -0.1) is 6.58 Å². The molecule has 6 atom stereocenters. The van der Waals surface area contributed by atoms with Gasteiger partial charge in [-0.1, -0.05) is 102 Å². The van der Waals surface area contributed by atoms with Gasteiger partial charge in [-0.25, -0.2) is 9.59 Å². The molecule has 4 rings (SSSR count). The van der Waals surface area contributed by atoms with E-state index in [4.69, 9.17) is 28.9 Å². The third-order valence-electron chi connectivity index (χ3n) is 12.4. The minimum atomic E-state index is -1.39. The van der Waals surface area contributed by atoms with Crippen LogP contribution in [0.4, 0.5) is 9.59 Å². The first-order chi connectivity index (χ1) is 30.0. The molecule has 2 aliphatic carbocycles. The smallest absolute Gasteiger partial charge is 0.412 e. The molecule has 3 N–H and O–H groups in total. The molecule has 1 aromatic carbocycles. The summed E-state index contributed by atoms with van der Waals surface area (Å²) in [5, 5.41) is 27.6. The molecule has 3 aliphatic rings. The number of benzene rings is 1. The number of fused-ring (bicyclic) bond motifs is 2. The van der Waals surface area contributed by atoms with E-state index in [1.54, 1.807) is 24.0 Å². The van der Waals surface area contributed by atoms with Crippen molar-refractivity contribution in [3.63, 3.8) is 0 Å². The summed E-state index contributed by atoms with van der Waals surface area (Å²) >= 11 is 0. The third kappa shape index (κ3) is 14.2. The zero-order valence-corrected chi connectivity index (χ0v) is 39.1. The number of hydrogen-bond donors (Lipinski definition) is 3. The number of rotatable bonds is 28. The summed E-state index contributed by atoms with van der Waals surface area (Å²) in [4.78, 5) is 35.2. The Kier molecular flexibility index (Phi) is 21.6. The minimum absolute atomic E-state index is 0.0366. The fourth-order valence-electron chi connectivity index (χ4n) is 9.67. The maximum Gasteiger partial charge on any atom is 0.412 e. The molecule has 1 aliphatic heterocycles. The van der Waals surface area contributed by atoms with Crippen molar-refractivity contribution in [2.75, 3.05) is 39.5 Å². The second-order valence-electron chi connectivity index (χ2n) is 18.4. The number of aliphatic hydroxyl groups excluding tert-OH is 2. The van der Waals surface area contributed by atoms with Crippen molar-refractivity contribution in [2.24, 2.45) is 22.9 Å². The highest BCUT2D eigenvalue weighted by atomic mass is 16.7. The number of amides is 2. The molecule has 0 saturated heterocycles. The molecule has 1 heterocycles. The Bertz CT molecular complexity index is 1590. The van der Waals surface area contributed by atoms with Gasteiger partial charge >= 0.3 is 12.2 Å². The fraction of sp³-hybridized carbons (Fsp3) is 0.740. The van der Waals surface area contributed by atoms with Crippen LogP contribution in [0, 0.1) is 17.8 Å². The van der Waals surface area contributed by atoms with E-state index in [2.05, 4.69) is 24.9 Å². The number of aliphatic hydroxyl groups is 2. The lowest BCUT2D eigenvalue weighted by atomic mass is 9.55. The van der Waals surface area contributed by atoms with Crippen LogP contribution >= 0.6 is 0 Å². The van der Waals surface area contributed by atoms with Crippen LogP contribution in [-0.4, -0.2) is 90.0 Å².